The summed E-state index contributed by atoms with van der Waals surface area (Å²) in [6.07, 6.45) is 1.56. The number of aromatic nitrogens is 2. The molecule has 0 amide bonds. The molecule has 1 aromatic heterocycles. The molecular weight excluding hydrogens is 354 g/mol. The van der Waals surface area contributed by atoms with Crippen LogP contribution >= 0.6 is 11.6 Å². The van der Waals surface area contributed by atoms with Crippen LogP contribution in [0.25, 0.3) is 5.69 Å². The van der Waals surface area contributed by atoms with Gasteiger partial charge in [0.05, 0.1) is 17.6 Å². The summed E-state index contributed by atoms with van der Waals surface area (Å²) in [7, 11) is 0. The van der Waals surface area contributed by atoms with Gasteiger partial charge in [0.2, 0.25) is 6.79 Å². The SMILES string of the molecule is C[C@H](Nc1cnn(-c2ccccc2)c(=O)c1Cl)c1ccc2c(c1)OCO2. The van der Waals surface area contributed by atoms with Crippen LogP contribution in [0.1, 0.15) is 18.5 Å². The Hall–Kier alpha value is -2.99. The number of hydrogen-bond donors (Lipinski definition) is 1. The highest BCUT2D eigenvalue weighted by Gasteiger charge is 2.17. The summed E-state index contributed by atoms with van der Waals surface area (Å²) >= 11 is 6.29. The number of fused-ring (bicyclic) bond motifs is 1. The van der Waals surface area contributed by atoms with Crippen molar-refractivity contribution < 1.29 is 9.47 Å². The van der Waals surface area contributed by atoms with Gasteiger partial charge in [-0.05, 0) is 36.8 Å². The van der Waals surface area contributed by atoms with Crippen molar-refractivity contribution in [1.29, 1.82) is 0 Å². The lowest BCUT2D eigenvalue weighted by Crippen LogP contribution is -2.23. The second-order valence-electron chi connectivity index (χ2n) is 5.90. The van der Waals surface area contributed by atoms with Crippen LogP contribution in [0.2, 0.25) is 5.02 Å². The van der Waals surface area contributed by atoms with Gasteiger partial charge in [-0.2, -0.15) is 9.78 Å². The molecule has 2 heterocycles. The number of hydrogen-bond acceptors (Lipinski definition) is 5. The van der Waals surface area contributed by atoms with Gasteiger partial charge in [0, 0.05) is 6.04 Å². The molecule has 1 aliphatic rings. The third kappa shape index (κ3) is 2.99. The van der Waals surface area contributed by atoms with E-state index < -0.39 is 0 Å². The van der Waals surface area contributed by atoms with Crippen molar-refractivity contribution in [2.75, 3.05) is 12.1 Å². The molecule has 0 aliphatic carbocycles. The van der Waals surface area contributed by atoms with Gasteiger partial charge in [-0.15, -0.1) is 0 Å². The predicted octanol–water partition coefficient (Wildman–Crippen LogP) is 3.79. The molecule has 0 fully saturated rings. The molecule has 0 saturated carbocycles. The highest BCUT2D eigenvalue weighted by Crippen LogP contribution is 2.35. The molecule has 0 unspecified atom stereocenters. The lowest BCUT2D eigenvalue weighted by molar-refractivity contribution is 0.174. The number of nitrogens with one attached hydrogen (secondary N) is 1. The average Bonchev–Trinajstić information content (AvgIpc) is 3.14. The van der Waals surface area contributed by atoms with Crippen molar-refractivity contribution in [2.45, 2.75) is 13.0 Å². The highest BCUT2D eigenvalue weighted by atomic mass is 35.5. The molecule has 1 N–H and O–H groups in total. The van der Waals surface area contributed by atoms with Gasteiger partial charge in [-0.1, -0.05) is 35.9 Å². The van der Waals surface area contributed by atoms with E-state index in [1.165, 1.54) is 4.68 Å². The zero-order valence-corrected chi connectivity index (χ0v) is 14.7. The van der Waals surface area contributed by atoms with Crippen LogP contribution in [-0.2, 0) is 0 Å². The molecule has 0 spiro atoms. The number of anilines is 1. The molecule has 1 aliphatic heterocycles. The van der Waals surface area contributed by atoms with E-state index >= 15 is 0 Å². The summed E-state index contributed by atoms with van der Waals surface area (Å²) in [5, 5.41) is 7.55. The Balaban J connectivity index is 1.60. The average molecular weight is 370 g/mol. The van der Waals surface area contributed by atoms with Crippen molar-refractivity contribution in [3.05, 3.63) is 75.7 Å². The first-order valence-corrected chi connectivity index (χ1v) is 8.50. The Bertz CT molecular complexity index is 1000. The third-order valence-corrected chi connectivity index (χ3v) is 4.55. The molecule has 26 heavy (non-hydrogen) atoms. The summed E-state index contributed by atoms with van der Waals surface area (Å²) in [6, 6.07) is 14.8. The molecule has 0 bridgehead atoms. The molecule has 1 atom stereocenters. The smallest absolute Gasteiger partial charge is 0.292 e. The van der Waals surface area contributed by atoms with Crippen LogP contribution in [0, 0.1) is 0 Å². The van der Waals surface area contributed by atoms with E-state index in [0.29, 0.717) is 17.1 Å². The van der Waals surface area contributed by atoms with Crippen LogP contribution in [0.15, 0.2) is 59.5 Å². The van der Waals surface area contributed by atoms with E-state index in [1.54, 1.807) is 18.3 Å². The van der Waals surface area contributed by atoms with E-state index in [4.69, 9.17) is 21.1 Å². The lowest BCUT2D eigenvalue weighted by Gasteiger charge is -2.17. The Morgan fingerprint density at radius 2 is 1.92 bits per heavy atom. The van der Waals surface area contributed by atoms with Gasteiger partial charge in [0.1, 0.15) is 5.02 Å². The molecule has 7 heteroatoms. The van der Waals surface area contributed by atoms with Gasteiger partial charge < -0.3 is 14.8 Å². The first-order valence-electron chi connectivity index (χ1n) is 8.13. The molecule has 0 radical (unpaired) electrons. The van der Waals surface area contributed by atoms with Crippen molar-refractivity contribution in [2.24, 2.45) is 0 Å². The molecule has 6 nitrogen and oxygen atoms in total. The van der Waals surface area contributed by atoms with Gasteiger partial charge in [0.15, 0.2) is 11.5 Å². The quantitative estimate of drug-likeness (QED) is 0.758. The number of ether oxygens (including phenoxy) is 2. The largest absolute Gasteiger partial charge is 0.454 e. The maximum absolute atomic E-state index is 12.6. The highest BCUT2D eigenvalue weighted by molar-refractivity contribution is 6.33. The second kappa shape index (κ2) is 6.72. The van der Waals surface area contributed by atoms with Crippen molar-refractivity contribution >= 4 is 17.3 Å². The normalized spacial score (nSPS) is 13.5. The van der Waals surface area contributed by atoms with Crippen LogP contribution in [0.5, 0.6) is 11.5 Å². The lowest BCUT2D eigenvalue weighted by atomic mass is 10.1. The van der Waals surface area contributed by atoms with Gasteiger partial charge in [0.25, 0.3) is 5.56 Å². The molecule has 0 saturated heterocycles. The van der Waals surface area contributed by atoms with E-state index in [1.807, 2.05) is 43.3 Å². The molecule has 4 rings (SSSR count). The third-order valence-electron chi connectivity index (χ3n) is 4.19. The van der Waals surface area contributed by atoms with E-state index in [-0.39, 0.29) is 23.4 Å². The Labute approximate surface area is 154 Å². The zero-order valence-electron chi connectivity index (χ0n) is 14.0. The number of rotatable bonds is 4. The summed E-state index contributed by atoms with van der Waals surface area (Å²) in [5.74, 6) is 1.44. The first-order chi connectivity index (χ1) is 12.6. The van der Waals surface area contributed by atoms with Gasteiger partial charge in [-0.3, -0.25) is 4.79 Å². The molecular formula is C19H16ClN3O3. The summed E-state index contributed by atoms with van der Waals surface area (Å²) in [5.41, 5.74) is 1.75. The monoisotopic (exact) mass is 369 g/mol. The zero-order chi connectivity index (χ0) is 18.1. The van der Waals surface area contributed by atoms with E-state index in [2.05, 4.69) is 10.4 Å². The van der Waals surface area contributed by atoms with Crippen LogP contribution in [-0.4, -0.2) is 16.6 Å². The fourth-order valence-corrected chi connectivity index (χ4v) is 2.97. The number of halogens is 1. The molecule has 2 aromatic carbocycles. The maximum Gasteiger partial charge on any atom is 0.292 e. The van der Waals surface area contributed by atoms with Crippen LogP contribution in [0.4, 0.5) is 5.69 Å². The Morgan fingerprint density at radius 1 is 1.15 bits per heavy atom. The second-order valence-corrected chi connectivity index (χ2v) is 6.28. The number of para-hydroxylation sites is 1. The Morgan fingerprint density at radius 3 is 2.73 bits per heavy atom. The summed E-state index contributed by atoms with van der Waals surface area (Å²) < 4.78 is 12.0. The van der Waals surface area contributed by atoms with Crippen LogP contribution < -0.4 is 20.3 Å². The topological polar surface area (TPSA) is 65.4 Å². The minimum atomic E-state index is -0.374. The van der Waals surface area contributed by atoms with Gasteiger partial charge >= 0.3 is 0 Å². The van der Waals surface area contributed by atoms with Gasteiger partial charge in [-0.25, -0.2) is 0 Å². The summed E-state index contributed by atoms with van der Waals surface area (Å²) in [4.78, 5) is 12.6. The van der Waals surface area contributed by atoms with Crippen molar-refractivity contribution in [3.63, 3.8) is 0 Å². The minimum absolute atomic E-state index is 0.0939. The molecule has 132 valence electrons. The predicted molar refractivity (Wildman–Crippen MR) is 99.4 cm³/mol. The van der Waals surface area contributed by atoms with Crippen LogP contribution in [0.3, 0.4) is 0 Å². The number of benzene rings is 2. The summed E-state index contributed by atoms with van der Waals surface area (Å²) in [6.45, 7) is 2.20. The number of nitrogens with zero attached hydrogens (tertiary/aromatic N) is 2. The molecule has 3 aromatic rings. The van der Waals surface area contributed by atoms with Crippen molar-refractivity contribution in [1.82, 2.24) is 9.78 Å². The fraction of sp³-hybridized carbons (Fsp3) is 0.158. The van der Waals surface area contributed by atoms with E-state index in [0.717, 1.165) is 11.3 Å². The maximum atomic E-state index is 12.6. The standard InChI is InChI=1S/C19H16ClN3O3/c1-12(13-7-8-16-17(9-13)26-11-25-16)22-15-10-21-23(19(24)18(15)20)14-5-3-2-4-6-14/h2-10,12,22H,11H2,1H3/t12-/m0/s1. The fourth-order valence-electron chi connectivity index (χ4n) is 2.79. The first kappa shape index (κ1) is 16.5. The Kier molecular flexibility index (Phi) is 4.26. The van der Waals surface area contributed by atoms with E-state index in [9.17, 15) is 4.79 Å². The minimum Gasteiger partial charge on any atom is -0.454 e. The van der Waals surface area contributed by atoms with Crippen molar-refractivity contribution in [3.8, 4) is 17.2 Å².